The van der Waals surface area contributed by atoms with Crippen LogP contribution in [0.15, 0.2) is 18.2 Å². The molecule has 0 unspecified atom stereocenters. The SMILES string of the molecule is CCCCN(C)C(=O)CCc1ccc(N2CCCC2)c(N)c1. The van der Waals surface area contributed by atoms with E-state index in [1.165, 1.54) is 12.8 Å². The zero-order valence-electron chi connectivity index (χ0n) is 14.0. The number of benzene rings is 1. The Morgan fingerprint density at radius 2 is 2.05 bits per heavy atom. The van der Waals surface area contributed by atoms with Gasteiger partial charge < -0.3 is 15.5 Å². The summed E-state index contributed by atoms with van der Waals surface area (Å²) in [7, 11) is 1.89. The van der Waals surface area contributed by atoms with Gasteiger partial charge in [0.05, 0.1) is 11.4 Å². The van der Waals surface area contributed by atoms with Crippen molar-refractivity contribution in [1.82, 2.24) is 4.90 Å². The highest BCUT2D eigenvalue weighted by atomic mass is 16.2. The minimum atomic E-state index is 0.218. The molecule has 1 heterocycles. The van der Waals surface area contributed by atoms with Crippen LogP contribution in [0, 0.1) is 0 Å². The van der Waals surface area contributed by atoms with Crippen LogP contribution in [0.5, 0.6) is 0 Å². The summed E-state index contributed by atoms with van der Waals surface area (Å²) in [5, 5.41) is 0. The topological polar surface area (TPSA) is 49.6 Å². The molecule has 0 atom stereocenters. The minimum absolute atomic E-state index is 0.218. The first kappa shape index (κ1) is 16.7. The molecule has 0 radical (unpaired) electrons. The smallest absolute Gasteiger partial charge is 0.222 e. The van der Waals surface area contributed by atoms with Gasteiger partial charge in [0.15, 0.2) is 0 Å². The summed E-state index contributed by atoms with van der Waals surface area (Å²) in [5.74, 6) is 0.218. The largest absolute Gasteiger partial charge is 0.397 e. The van der Waals surface area contributed by atoms with Crippen molar-refractivity contribution in [2.24, 2.45) is 0 Å². The number of aryl methyl sites for hydroxylation is 1. The van der Waals surface area contributed by atoms with E-state index in [0.29, 0.717) is 6.42 Å². The molecule has 0 bridgehead atoms. The van der Waals surface area contributed by atoms with E-state index in [9.17, 15) is 4.79 Å². The molecule has 1 aliphatic heterocycles. The van der Waals surface area contributed by atoms with Crippen LogP contribution >= 0.6 is 0 Å². The molecule has 1 aromatic carbocycles. The first-order chi connectivity index (χ1) is 10.6. The fraction of sp³-hybridized carbons (Fsp3) is 0.611. The monoisotopic (exact) mass is 303 g/mol. The maximum atomic E-state index is 12.1. The molecule has 2 N–H and O–H groups in total. The normalized spacial score (nSPS) is 14.4. The van der Waals surface area contributed by atoms with Crippen LogP contribution in [0.4, 0.5) is 11.4 Å². The number of amides is 1. The summed E-state index contributed by atoms with van der Waals surface area (Å²) >= 11 is 0. The van der Waals surface area contributed by atoms with Crippen molar-refractivity contribution >= 4 is 17.3 Å². The molecule has 1 aromatic rings. The number of carbonyl (C=O) groups is 1. The second-order valence-electron chi connectivity index (χ2n) is 6.26. The first-order valence-electron chi connectivity index (χ1n) is 8.49. The number of rotatable bonds is 7. The van der Waals surface area contributed by atoms with E-state index in [0.717, 1.165) is 55.8 Å². The van der Waals surface area contributed by atoms with Crippen molar-refractivity contribution in [3.05, 3.63) is 23.8 Å². The quantitative estimate of drug-likeness (QED) is 0.788. The number of nitrogen functional groups attached to an aromatic ring is 1. The molecule has 0 spiro atoms. The predicted octanol–water partition coefficient (Wildman–Crippen LogP) is 3.06. The molecule has 0 aromatic heterocycles. The molecule has 1 fully saturated rings. The van der Waals surface area contributed by atoms with Crippen LogP contribution < -0.4 is 10.6 Å². The lowest BCUT2D eigenvalue weighted by Gasteiger charge is -2.20. The van der Waals surface area contributed by atoms with E-state index >= 15 is 0 Å². The first-order valence-corrected chi connectivity index (χ1v) is 8.49. The van der Waals surface area contributed by atoms with Gasteiger partial charge in [-0.05, 0) is 43.4 Å². The molecule has 1 saturated heterocycles. The van der Waals surface area contributed by atoms with Crippen LogP contribution in [-0.2, 0) is 11.2 Å². The van der Waals surface area contributed by atoms with E-state index in [2.05, 4.69) is 24.0 Å². The zero-order chi connectivity index (χ0) is 15.9. The number of nitrogens with zero attached hydrogens (tertiary/aromatic N) is 2. The Labute approximate surface area is 134 Å². The van der Waals surface area contributed by atoms with E-state index in [4.69, 9.17) is 5.73 Å². The molecule has 22 heavy (non-hydrogen) atoms. The maximum absolute atomic E-state index is 12.1. The van der Waals surface area contributed by atoms with Gasteiger partial charge in [0.25, 0.3) is 0 Å². The van der Waals surface area contributed by atoms with Gasteiger partial charge in [-0.25, -0.2) is 0 Å². The Morgan fingerprint density at radius 3 is 2.68 bits per heavy atom. The van der Waals surface area contributed by atoms with Crippen molar-refractivity contribution in [3.63, 3.8) is 0 Å². The van der Waals surface area contributed by atoms with Gasteiger partial charge in [-0.15, -0.1) is 0 Å². The molecular formula is C18H29N3O. The molecule has 4 heteroatoms. The van der Waals surface area contributed by atoms with Crippen molar-refractivity contribution in [1.29, 1.82) is 0 Å². The summed E-state index contributed by atoms with van der Waals surface area (Å²) in [5.41, 5.74) is 9.33. The molecule has 2 rings (SSSR count). The maximum Gasteiger partial charge on any atom is 0.222 e. The molecule has 122 valence electrons. The average molecular weight is 303 g/mol. The van der Waals surface area contributed by atoms with Gasteiger partial charge in [0, 0.05) is 33.1 Å². The second-order valence-corrected chi connectivity index (χ2v) is 6.26. The van der Waals surface area contributed by atoms with Gasteiger partial charge in [-0.1, -0.05) is 19.4 Å². The van der Waals surface area contributed by atoms with Crippen LogP contribution in [-0.4, -0.2) is 37.5 Å². The highest BCUT2D eigenvalue weighted by molar-refractivity contribution is 5.76. The fourth-order valence-corrected chi connectivity index (χ4v) is 2.97. The molecular weight excluding hydrogens is 274 g/mol. The lowest BCUT2D eigenvalue weighted by molar-refractivity contribution is -0.129. The average Bonchev–Trinajstić information content (AvgIpc) is 3.04. The number of nitrogens with two attached hydrogens (primary N) is 1. The number of unbranched alkanes of at least 4 members (excludes halogenated alkanes) is 1. The number of anilines is 2. The minimum Gasteiger partial charge on any atom is -0.397 e. The van der Waals surface area contributed by atoms with E-state index in [-0.39, 0.29) is 5.91 Å². The molecule has 0 aliphatic carbocycles. The van der Waals surface area contributed by atoms with Gasteiger partial charge in [0.2, 0.25) is 5.91 Å². The van der Waals surface area contributed by atoms with Gasteiger partial charge in [0.1, 0.15) is 0 Å². The van der Waals surface area contributed by atoms with Gasteiger partial charge >= 0.3 is 0 Å². The Hall–Kier alpha value is -1.71. The third kappa shape index (κ3) is 4.39. The Bertz CT molecular complexity index is 495. The fourth-order valence-electron chi connectivity index (χ4n) is 2.97. The lowest BCUT2D eigenvalue weighted by atomic mass is 10.1. The molecule has 4 nitrogen and oxygen atoms in total. The van der Waals surface area contributed by atoms with Crippen LogP contribution in [0.1, 0.15) is 44.6 Å². The number of hydrogen-bond acceptors (Lipinski definition) is 3. The second kappa shape index (κ2) is 8.06. The Balaban J connectivity index is 1.88. The summed E-state index contributed by atoms with van der Waals surface area (Å²) in [6, 6.07) is 6.26. The third-order valence-electron chi connectivity index (χ3n) is 4.44. The summed E-state index contributed by atoms with van der Waals surface area (Å²) in [4.78, 5) is 16.3. The molecule has 1 aliphatic rings. The number of hydrogen-bond donors (Lipinski definition) is 1. The van der Waals surface area contributed by atoms with E-state index in [1.807, 2.05) is 18.0 Å². The van der Waals surface area contributed by atoms with Crippen molar-refractivity contribution < 1.29 is 4.79 Å². The van der Waals surface area contributed by atoms with Crippen molar-refractivity contribution in [3.8, 4) is 0 Å². The Kier molecular flexibility index (Phi) is 6.10. The zero-order valence-corrected chi connectivity index (χ0v) is 14.0. The van der Waals surface area contributed by atoms with Gasteiger partial charge in [-0.3, -0.25) is 4.79 Å². The van der Waals surface area contributed by atoms with E-state index in [1.54, 1.807) is 0 Å². The Morgan fingerprint density at radius 1 is 1.32 bits per heavy atom. The molecule has 1 amide bonds. The van der Waals surface area contributed by atoms with Gasteiger partial charge in [-0.2, -0.15) is 0 Å². The van der Waals surface area contributed by atoms with Crippen LogP contribution in [0.25, 0.3) is 0 Å². The van der Waals surface area contributed by atoms with Crippen LogP contribution in [0.2, 0.25) is 0 Å². The van der Waals surface area contributed by atoms with E-state index < -0.39 is 0 Å². The summed E-state index contributed by atoms with van der Waals surface area (Å²) in [6.45, 7) is 5.20. The predicted molar refractivity (Wildman–Crippen MR) is 93.2 cm³/mol. The number of carbonyl (C=O) groups excluding carboxylic acids is 1. The highest BCUT2D eigenvalue weighted by Crippen LogP contribution is 2.27. The highest BCUT2D eigenvalue weighted by Gasteiger charge is 2.15. The lowest BCUT2D eigenvalue weighted by Crippen LogP contribution is -2.27. The third-order valence-corrected chi connectivity index (χ3v) is 4.44. The van der Waals surface area contributed by atoms with Crippen LogP contribution in [0.3, 0.4) is 0 Å². The van der Waals surface area contributed by atoms with Crippen molar-refractivity contribution in [2.75, 3.05) is 37.3 Å². The summed E-state index contributed by atoms with van der Waals surface area (Å²) < 4.78 is 0. The molecule has 0 saturated carbocycles. The van der Waals surface area contributed by atoms with Crippen molar-refractivity contribution in [2.45, 2.75) is 45.4 Å². The summed E-state index contributed by atoms with van der Waals surface area (Å²) in [6.07, 6.45) is 6.01. The standard InChI is InChI=1S/C18H29N3O/c1-3-4-11-20(2)18(22)10-8-15-7-9-17(16(19)14-15)21-12-5-6-13-21/h7,9,14H,3-6,8,10-13,19H2,1-2H3.